The molecule has 4 atom stereocenters. The Labute approximate surface area is 134 Å². The van der Waals surface area contributed by atoms with Crippen LogP contribution in [0.15, 0.2) is 12.2 Å². The number of hydrogen-bond donors (Lipinski definition) is 0. The molecule has 0 aromatic rings. The van der Waals surface area contributed by atoms with E-state index in [4.69, 9.17) is 9.05 Å². The Bertz CT molecular complexity index is 452. The van der Waals surface area contributed by atoms with Crippen molar-refractivity contribution >= 4 is 13.4 Å². The number of allylic oxidation sites excluding steroid dienone is 2. The van der Waals surface area contributed by atoms with Crippen LogP contribution in [-0.2, 0) is 18.4 Å². The van der Waals surface area contributed by atoms with Gasteiger partial charge in [0.05, 0.1) is 0 Å². The maximum absolute atomic E-state index is 12.1. The first-order valence-corrected chi connectivity index (χ1v) is 10.1. The number of ketones is 1. The van der Waals surface area contributed by atoms with Gasteiger partial charge in [0, 0.05) is 20.1 Å². The van der Waals surface area contributed by atoms with Gasteiger partial charge in [0.1, 0.15) is 11.9 Å². The molecule has 5 heteroatoms. The van der Waals surface area contributed by atoms with Crippen LogP contribution in [0.4, 0.5) is 0 Å². The minimum Gasteiger partial charge on any atom is -0.312 e. The number of rotatable bonds is 9. The van der Waals surface area contributed by atoms with Gasteiger partial charge in [-0.1, -0.05) is 25.5 Å². The molecule has 0 heterocycles. The van der Waals surface area contributed by atoms with Gasteiger partial charge in [0.15, 0.2) is 0 Å². The molecule has 0 aliphatic heterocycles. The summed E-state index contributed by atoms with van der Waals surface area (Å²) in [5.74, 6) is 2.27. The molecular formula is C17H29O4P. The molecule has 22 heavy (non-hydrogen) atoms. The molecule has 0 aromatic heterocycles. The highest BCUT2D eigenvalue weighted by molar-refractivity contribution is 7.54. The number of fused-ring (bicyclic) bond motifs is 2. The van der Waals surface area contributed by atoms with Crippen molar-refractivity contribution in [3.8, 4) is 0 Å². The van der Waals surface area contributed by atoms with Crippen LogP contribution in [0.3, 0.4) is 0 Å². The third-order valence-electron chi connectivity index (χ3n) is 5.38. The molecule has 1 fully saturated rings. The first kappa shape index (κ1) is 17.9. The topological polar surface area (TPSA) is 52.6 Å². The van der Waals surface area contributed by atoms with Crippen molar-refractivity contribution in [1.29, 1.82) is 0 Å². The first-order valence-electron chi connectivity index (χ1n) is 8.39. The third-order valence-corrected chi connectivity index (χ3v) is 7.19. The lowest BCUT2D eigenvalue weighted by Crippen LogP contribution is -2.27. The van der Waals surface area contributed by atoms with Crippen molar-refractivity contribution in [1.82, 2.24) is 0 Å². The molecule has 0 N–H and O–H groups in total. The molecule has 126 valence electrons. The minimum absolute atomic E-state index is 0.0166. The Morgan fingerprint density at radius 1 is 1.27 bits per heavy atom. The average Bonchev–Trinajstić information content (AvgIpc) is 2.55. The summed E-state index contributed by atoms with van der Waals surface area (Å²) in [6, 6.07) is 0. The van der Waals surface area contributed by atoms with Gasteiger partial charge in [0.2, 0.25) is 0 Å². The van der Waals surface area contributed by atoms with Crippen molar-refractivity contribution in [2.75, 3.05) is 20.4 Å². The summed E-state index contributed by atoms with van der Waals surface area (Å²) in [4.78, 5) is 12.1. The molecule has 0 radical (unpaired) electrons. The summed E-state index contributed by atoms with van der Waals surface area (Å²) < 4.78 is 21.7. The number of carbonyl (C=O) groups excluding carboxylic acids is 1. The molecular weight excluding hydrogens is 299 g/mol. The average molecular weight is 328 g/mol. The maximum Gasteiger partial charge on any atom is 0.337 e. The molecule has 0 saturated heterocycles. The van der Waals surface area contributed by atoms with Gasteiger partial charge in [-0.2, -0.15) is 0 Å². The largest absolute Gasteiger partial charge is 0.337 e. The lowest BCUT2D eigenvalue weighted by atomic mass is 9.67. The highest BCUT2D eigenvalue weighted by Crippen LogP contribution is 2.47. The van der Waals surface area contributed by atoms with Crippen LogP contribution in [0.2, 0.25) is 0 Å². The van der Waals surface area contributed by atoms with Crippen LogP contribution in [0.5, 0.6) is 0 Å². The summed E-state index contributed by atoms with van der Waals surface area (Å²) in [7, 11) is -0.563. The fourth-order valence-electron chi connectivity index (χ4n) is 3.78. The van der Waals surface area contributed by atoms with Gasteiger partial charge in [-0.3, -0.25) is 9.36 Å². The summed E-state index contributed by atoms with van der Waals surface area (Å²) in [5, 5.41) is 0. The Morgan fingerprint density at radius 2 is 2.00 bits per heavy atom. The van der Waals surface area contributed by atoms with Crippen LogP contribution >= 0.6 is 7.60 Å². The molecule has 0 spiro atoms. The molecule has 4 nitrogen and oxygen atoms in total. The van der Waals surface area contributed by atoms with E-state index >= 15 is 0 Å². The van der Waals surface area contributed by atoms with Crippen LogP contribution in [0.25, 0.3) is 0 Å². The summed E-state index contributed by atoms with van der Waals surface area (Å²) in [5.41, 5.74) is 0. The van der Waals surface area contributed by atoms with Crippen molar-refractivity contribution < 1.29 is 18.4 Å². The van der Waals surface area contributed by atoms with E-state index in [-0.39, 0.29) is 17.9 Å². The van der Waals surface area contributed by atoms with E-state index in [2.05, 4.69) is 12.2 Å². The Balaban J connectivity index is 1.71. The van der Waals surface area contributed by atoms with Crippen molar-refractivity contribution in [3.63, 3.8) is 0 Å². The minimum atomic E-state index is -3.22. The van der Waals surface area contributed by atoms with E-state index < -0.39 is 7.60 Å². The smallest absolute Gasteiger partial charge is 0.312 e. The van der Waals surface area contributed by atoms with E-state index in [0.29, 0.717) is 0 Å². The van der Waals surface area contributed by atoms with Gasteiger partial charge in [-0.25, -0.2) is 0 Å². The molecule has 3 aliphatic rings. The maximum atomic E-state index is 12.1. The predicted octanol–water partition coefficient (Wildman–Crippen LogP) is 4.45. The Hall–Kier alpha value is -0.440. The molecule has 1 saturated carbocycles. The summed E-state index contributed by atoms with van der Waals surface area (Å²) in [6.45, 7) is 1.92. The van der Waals surface area contributed by atoms with Gasteiger partial charge in [-0.15, -0.1) is 0 Å². The van der Waals surface area contributed by atoms with Crippen LogP contribution < -0.4 is 0 Å². The standard InChI is InChI=1S/C17H29O4P/c1-13(17(18)12-22(19,20-2)21-3)5-4-6-16-11-14-7-9-15(16)10-8-14/h7,9,13-16H,4-6,8,10-12H2,1-3H3. The third kappa shape index (κ3) is 4.53. The summed E-state index contributed by atoms with van der Waals surface area (Å²) in [6.07, 6.45) is 11.8. The number of hydrogen-bond acceptors (Lipinski definition) is 4. The molecule has 3 aliphatic carbocycles. The highest BCUT2D eigenvalue weighted by Gasteiger charge is 2.32. The predicted molar refractivity (Wildman–Crippen MR) is 88.0 cm³/mol. The van der Waals surface area contributed by atoms with Crippen molar-refractivity contribution in [2.45, 2.75) is 45.4 Å². The second-order valence-electron chi connectivity index (χ2n) is 6.81. The second-order valence-corrected chi connectivity index (χ2v) is 9.08. The van der Waals surface area contributed by atoms with E-state index in [1.807, 2.05) is 6.92 Å². The Morgan fingerprint density at radius 3 is 2.50 bits per heavy atom. The fourth-order valence-corrected chi connectivity index (χ4v) is 4.88. The zero-order valence-corrected chi connectivity index (χ0v) is 14.9. The molecule has 0 aromatic carbocycles. The quantitative estimate of drug-likeness (QED) is 0.463. The molecule has 2 bridgehead atoms. The Kier molecular flexibility index (Phi) is 6.43. The fraction of sp³-hybridized carbons (Fsp3) is 0.824. The van der Waals surface area contributed by atoms with Gasteiger partial charge < -0.3 is 9.05 Å². The van der Waals surface area contributed by atoms with E-state index in [0.717, 1.165) is 30.6 Å². The van der Waals surface area contributed by atoms with Crippen molar-refractivity contribution in [3.05, 3.63) is 12.2 Å². The van der Waals surface area contributed by atoms with Crippen LogP contribution in [0, 0.1) is 23.7 Å². The van der Waals surface area contributed by atoms with Gasteiger partial charge in [-0.05, 0) is 49.9 Å². The lowest BCUT2D eigenvalue weighted by Gasteiger charge is -2.38. The number of Topliss-reactive ketones (excluding diaryl/α,β-unsaturated/α-hetero) is 1. The monoisotopic (exact) mass is 328 g/mol. The van der Waals surface area contributed by atoms with Crippen LogP contribution in [-0.4, -0.2) is 26.2 Å². The lowest BCUT2D eigenvalue weighted by molar-refractivity contribution is -0.120. The zero-order chi connectivity index (χ0) is 16.2. The second kappa shape index (κ2) is 7.90. The number of carbonyl (C=O) groups is 1. The SMILES string of the molecule is COP(=O)(CC(=O)C(C)CCCC1CC2C=CC1CC2)OC. The normalized spacial score (nSPS) is 28.8. The summed E-state index contributed by atoms with van der Waals surface area (Å²) >= 11 is 0. The van der Waals surface area contributed by atoms with Crippen molar-refractivity contribution in [2.24, 2.45) is 23.7 Å². The van der Waals surface area contributed by atoms with E-state index in [9.17, 15) is 9.36 Å². The van der Waals surface area contributed by atoms with Crippen LogP contribution in [0.1, 0.15) is 45.4 Å². The molecule has 0 amide bonds. The first-order chi connectivity index (χ1) is 10.5. The highest BCUT2D eigenvalue weighted by atomic mass is 31.2. The molecule has 4 unspecified atom stereocenters. The van der Waals surface area contributed by atoms with Gasteiger partial charge in [0.25, 0.3) is 0 Å². The molecule has 3 rings (SSSR count). The van der Waals surface area contributed by atoms with E-state index in [1.165, 1.54) is 39.9 Å². The van der Waals surface area contributed by atoms with E-state index in [1.54, 1.807) is 0 Å². The zero-order valence-electron chi connectivity index (χ0n) is 14.0. The van der Waals surface area contributed by atoms with Gasteiger partial charge >= 0.3 is 7.60 Å².